The third-order valence-corrected chi connectivity index (χ3v) is 5.51. The summed E-state index contributed by atoms with van der Waals surface area (Å²) in [6.07, 6.45) is 9.77. The Morgan fingerprint density at radius 1 is 1.00 bits per heavy atom. The third-order valence-electron chi connectivity index (χ3n) is 5.51. The zero-order valence-corrected chi connectivity index (χ0v) is 15.2. The lowest BCUT2D eigenvalue weighted by atomic mass is 9.94. The van der Waals surface area contributed by atoms with Crippen molar-refractivity contribution < 1.29 is 4.79 Å². The van der Waals surface area contributed by atoms with E-state index in [1.807, 2.05) is 0 Å². The molecule has 3 nitrogen and oxygen atoms in total. The molecule has 1 amide bonds. The summed E-state index contributed by atoms with van der Waals surface area (Å²) >= 11 is 0. The van der Waals surface area contributed by atoms with Gasteiger partial charge in [-0.1, -0.05) is 31.9 Å². The third kappa shape index (κ3) is 4.38. The molecule has 24 heavy (non-hydrogen) atoms. The zero-order valence-electron chi connectivity index (χ0n) is 15.2. The molecule has 0 N–H and O–H groups in total. The van der Waals surface area contributed by atoms with Gasteiger partial charge in [-0.05, 0) is 75.4 Å². The molecule has 0 saturated carbocycles. The Morgan fingerprint density at radius 3 is 2.62 bits per heavy atom. The fraction of sp³-hybridized carbons (Fsp3) is 0.667. The highest BCUT2D eigenvalue weighted by Gasteiger charge is 2.24. The van der Waals surface area contributed by atoms with Crippen molar-refractivity contribution in [1.82, 2.24) is 9.80 Å². The van der Waals surface area contributed by atoms with Crippen molar-refractivity contribution in [3.05, 3.63) is 34.9 Å². The van der Waals surface area contributed by atoms with E-state index in [4.69, 9.17) is 0 Å². The standard InChI is InChI=1S/C21H32N2O/c1-2-3-4-8-18-9-10-20-19(17-18)11-16-23(21(20)24)15-7-14-22-12-5-6-13-22/h9-10,17H,2-8,11-16H2,1H3. The van der Waals surface area contributed by atoms with E-state index in [1.54, 1.807) is 0 Å². The molecule has 1 aromatic carbocycles. The molecule has 132 valence electrons. The van der Waals surface area contributed by atoms with Crippen molar-refractivity contribution in [3.63, 3.8) is 0 Å². The van der Waals surface area contributed by atoms with Crippen LogP contribution in [0.5, 0.6) is 0 Å². The van der Waals surface area contributed by atoms with Crippen molar-refractivity contribution in [3.8, 4) is 0 Å². The van der Waals surface area contributed by atoms with Gasteiger partial charge in [-0.2, -0.15) is 0 Å². The summed E-state index contributed by atoms with van der Waals surface area (Å²) in [6, 6.07) is 6.52. The van der Waals surface area contributed by atoms with Gasteiger partial charge >= 0.3 is 0 Å². The van der Waals surface area contributed by atoms with Crippen LogP contribution in [0.2, 0.25) is 0 Å². The van der Waals surface area contributed by atoms with Crippen LogP contribution in [0.15, 0.2) is 18.2 Å². The summed E-state index contributed by atoms with van der Waals surface area (Å²) in [5.74, 6) is 0.248. The number of amides is 1. The fourth-order valence-corrected chi connectivity index (χ4v) is 4.03. The van der Waals surface area contributed by atoms with Crippen LogP contribution >= 0.6 is 0 Å². The molecule has 2 aliphatic rings. The largest absolute Gasteiger partial charge is 0.338 e. The van der Waals surface area contributed by atoms with Crippen molar-refractivity contribution in [2.24, 2.45) is 0 Å². The summed E-state index contributed by atoms with van der Waals surface area (Å²) in [6.45, 7) is 7.68. The Morgan fingerprint density at radius 2 is 1.83 bits per heavy atom. The van der Waals surface area contributed by atoms with Crippen LogP contribution in [0.3, 0.4) is 0 Å². The molecule has 1 saturated heterocycles. The van der Waals surface area contributed by atoms with E-state index >= 15 is 0 Å². The number of nitrogens with zero attached hydrogens (tertiary/aromatic N) is 2. The van der Waals surface area contributed by atoms with Crippen molar-refractivity contribution in [1.29, 1.82) is 0 Å². The van der Waals surface area contributed by atoms with Crippen LogP contribution in [0.1, 0.15) is 66.9 Å². The minimum atomic E-state index is 0.248. The van der Waals surface area contributed by atoms with Crippen LogP contribution < -0.4 is 0 Å². The monoisotopic (exact) mass is 328 g/mol. The number of carbonyl (C=O) groups excluding carboxylic acids is 1. The molecule has 2 heterocycles. The first-order chi connectivity index (χ1) is 11.8. The number of likely N-dealkylation sites (tertiary alicyclic amines) is 1. The summed E-state index contributed by atoms with van der Waals surface area (Å²) in [7, 11) is 0. The van der Waals surface area contributed by atoms with Gasteiger partial charge in [0, 0.05) is 18.7 Å². The Balaban J connectivity index is 1.52. The highest BCUT2D eigenvalue weighted by molar-refractivity contribution is 5.96. The number of hydrogen-bond donors (Lipinski definition) is 0. The molecule has 2 aliphatic heterocycles. The van der Waals surface area contributed by atoms with Gasteiger partial charge in [0.2, 0.25) is 0 Å². The summed E-state index contributed by atoms with van der Waals surface area (Å²) in [4.78, 5) is 17.3. The number of benzene rings is 1. The molecule has 0 spiro atoms. The van der Waals surface area contributed by atoms with Gasteiger partial charge in [0.1, 0.15) is 0 Å². The average Bonchev–Trinajstić information content (AvgIpc) is 3.11. The maximum atomic E-state index is 12.7. The molecule has 0 radical (unpaired) electrons. The SMILES string of the molecule is CCCCCc1ccc2c(c1)CCN(CCCN1CCCC1)C2=O. The van der Waals surface area contributed by atoms with E-state index in [1.165, 1.54) is 56.3 Å². The molecule has 0 bridgehead atoms. The predicted molar refractivity (Wildman–Crippen MR) is 99.6 cm³/mol. The maximum absolute atomic E-state index is 12.7. The highest BCUT2D eigenvalue weighted by atomic mass is 16.2. The van der Waals surface area contributed by atoms with Crippen molar-refractivity contribution in [2.45, 2.75) is 58.3 Å². The molecule has 3 rings (SSSR count). The van der Waals surface area contributed by atoms with Crippen molar-refractivity contribution >= 4 is 5.91 Å². The molecule has 3 heteroatoms. The first-order valence-corrected chi connectivity index (χ1v) is 9.91. The Kier molecular flexibility index (Phi) is 6.30. The Bertz CT molecular complexity index is 549. The van der Waals surface area contributed by atoms with Crippen LogP contribution in [-0.2, 0) is 12.8 Å². The van der Waals surface area contributed by atoms with Crippen LogP contribution in [0.4, 0.5) is 0 Å². The number of fused-ring (bicyclic) bond motifs is 1. The van der Waals surface area contributed by atoms with Gasteiger partial charge in [-0.3, -0.25) is 4.79 Å². The summed E-state index contributed by atoms with van der Waals surface area (Å²) in [5.41, 5.74) is 3.61. The zero-order chi connectivity index (χ0) is 16.8. The summed E-state index contributed by atoms with van der Waals surface area (Å²) < 4.78 is 0. The van der Waals surface area contributed by atoms with Gasteiger partial charge in [0.25, 0.3) is 5.91 Å². The second kappa shape index (κ2) is 8.66. The predicted octanol–water partition coefficient (Wildman–Crippen LogP) is 3.90. The van der Waals surface area contributed by atoms with E-state index in [0.29, 0.717) is 0 Å². The van der Waals surface area contributed by atoms with Gasteiger partial charge in [-0.15, -0.1) is 0 Å². The van der Waals surface area contributed by atoms with Crippen molar-refractivity contribution in [2.75, 3.05) is 32.7 Å². The van der Waals surface area contributed by atoms with Crippen LogP contribution in [-0.4, -0.2) is 48.4 Å². The second-order valence-electron chi connectivity index (χ2n) is 7.39. The first kappa shape index (κ1) is 17.5. The van der Waals surface area contributed by atoms with E-state index < -0.39 is 0 Å². The Labute approximate surface area is 147 Å². The maximum Gasteiger partial charge on any atom is 0.254 e. The quantitative estimate of drug-likeness (QED) is 0.676. The van der Waals surface area contributed by atoms with Crippen LogP contribution in [0, 0.1) is 0 Å². The van der Waals surface area contributed by atoms with Gasteiger partial charge in [-0.25, -0.2) is 0 Å². The molecule has 0 atom stereocenters. The van der Waals surface area contributed by atoms with Gasteiger partial charge in [0.05, 0.1) is 0 Å². The van der Waals surface area contributed by atoms with E-state index in [2.05, 4.69) is 34.9 Å². The molecule has 0 aliphatic carbocycles. The first-order valence-electron chi connectivity index (χ1n) is 9.91. The molecular formula is C21H32N2O. The number of rotatable bonds is 8. The molecule has 0 unspecified atom stereocenters. The molecular weight excluding hydrogens is 296 g/mol. The topological polar surface area (TPSA) is 23.6 Å². The minimum Gasteiger partial charge on any atom is -0.338 e. The molecule has 1 aromatic rings. The smallest absolute Gasteiger partial charge is 0.254 e. The lowest BCUT2D eigenvalue weighted by molar-refractivity contribution is 0.0733. The number of unbranched alkanes of at least 4 members (excludes halogenated alkanes) is 2. The lowest BCUT2D eigenvalue weighted by Crippen LogP contribution is -2.39. The Hall–Kier alpha value is -1.35. The van der Waals surface area contributed by atoms with Gasteiger partial charge < -0.3 is 9.80 Å². The molecule has 0 aromatic heterocycles. The van der Waals surface area contributed by atoms with E-state index in [0.717, 1.165) is 44.5 Å². The minimum absolute atomic E-state index is 0.248. The average molecular weight is 329 g/mol. The van der Waals surface area contributed by atoms with E-state index in [-0.39, 0.29) is 5.91 Å². The normalized spacial score (nSPS) is 18.2. The van der Waals surface area contributed by atoms with Crippen LogP contribution in [0.25, 0.3) is 0 Å². The van der Waals surface area contributed by atoms with E-state index in [9.17, 15) is 4.79 Å². The fourth-order valence-electron chi connectivity index (χ4n) is 4.03. The van der Waals surface area contributed by atoms with Gasteiger partial charge in [0.15, 0.2) is 0 Å². The summed E-state index contributed by atoms with van der Waals surface area (Å²) in [5, 5.41) is 0. The highest BCUT2D eigenvalue weighted by Crippen LogP contribution is 2.22. The number of carbonyl (C=O) groups is 1. The second-order valence-corrected chi connectivity index (χ2v) is 7.39. The number of aryl methyl sites for hydroxylation is 1. The molecule has 1 fully saturated rings. The lowest BCUT2D eigenvalue weighted by Gasteiger charge is -2.29. The number of hydrogen-bond acceptors (Lipinski definition) is 2.